The molecule has 1 aliphatic carbocycles. The first-order chi connectivity index (χ1) is 8.58. The highest BCUT2D eigenvalue weighted by Gasteiger charge is 2.23. The highest BCUT2D eigenvalue weighted by atomic mass is 32.2. The van der Waals surface area contributed by atoms with Crippen molar-refractivity contribution in [3.05, 3.63) is 17.5 Å². The molecule has 7 heteroatoms. The molecule has 2 rings (SSSR count). The number of hydrogen-bond acceptors (Lipinski definition) is 4. The van der Waals surface area contributed by atoms with Crippen molar-refractivity contribution in [3.63, 3.8) is 0 Å². The number of hydrogen-bond donors (Lipinski definition) is 2. The molecule has 1 saturated carbocycles. The quantitative estimate of drug-likeness (QED) is 0.791. The summed E-state index contributed by atoms with van der Waals surface area (Å²) < 4.78 is 1.54. The van der Waals surface area contributed by atoms with Crippen molar-refractivity contribution >= 4 is 23.6 Å². The van der Waals surface area contributed by atoms with Gasteiger partial charge < -0.3 is 10.4 Å². The van der Waals surface area contributed by atoms with Gasteiger partial charge in [-0.25, -0.2) is 4.79 Å². The minimum atomic E-state index is -0.985. The third kappa shape index (κ3) is 3.25. The second-order valence-electron chi connectivity index (χ2n) is 4.27. The normalized spacial score (nSPS) is 14.5. The van der Waals surface area contributed by atoms with Crippen molar-refractivity contribution in [2.45, 2.75) is 24.6 Å². The zero-order valence-corrected chi connectivity index (χ0v) is 10.9. The summed E-state index contributed by atoms with van der Waals surface area (Å²) in [5, 5.41) is 15.8. The number of amides is 1. The van der Waals surface area contributed by atoms with E-state index in [4.69, 9.17) is 5.11 Å². The lowest BCUT2D eigenvalue weighted by Crippen LogP contribution is -2.27. The van der Waals surface area contributed by atoms with Crippen LogP contribution in [-0.2, 0) is 17.6 Å². The summed E-state index contributed by atoms with van der Waals surface area (Å²) in [5.74, 6) is -0.153. The highest BCUT2D eigenvalue weighted by molar-refractivity contribution is 7.99. The Morgan fingerprint density at radius 3 is 2.94 bits per heavy atom. The Balaban J connectivity index is 1.83. The van der Waals surface area contributed by atoms with Gasteiger partial charge in [-0.1, -0.05) is 0 Å². The fraction of sp³-hybridized carbons (Fsp3) is 0.545. The summed E-state index contributed by atoms with van der Waals surface area (Å²) in [7, 11) is 1.70. The Kier molecular flexibility index (Phi) is 3.90. The van der Waals surface area contributed by atoms with E-state index in [1.807, 2.05) is 0 Å². The van der Waals surface area contributed by atoms with Crippen LogP contribution in [0.15, 0.2) is 6.20 Å². The van der Waals surface area contributed by atoms with Gasteiger partial charge in [-0.05, 0) is 12.8 Å². The van der Waals surface area contributed by atoms with Crippen LogP contribution >= 0.6 is 11.8 Å². The molecule has 1 fully saturated rings. The van der Waals surface area contributed by atoms with Gasteiger partial charge in [-0.3, -0.25) is 9.48 Å². The third-order valence-corrected chi connectivity index (χ3v) is 3.65. The van der Waals surface area contributed by atoms with Crippen LogP contribution in [0.4, 0.5) is 0 Å². The van der Waals surface area contributed by atoms with Gasteiger partial charge in [-0.2, -0.15) is 5.10 Å². The molecule has 0 atom stereocenters. The van der Waals surface area contributed by atoms with Crippen molar-refractivity contribution in [1.29, 1.82) is 0 Å². The highest BCUT2D eigenvalue weighted by Crippen LogP contribution is 2.20. The van der Waals surface area contributed by atoms with Gasteiger partial charge in [-0.15, -0.1) is 11.8 Å². The Labute approximate surface area is 109 Å². The number of aryl methyl sites for hydroxylation is 1. The lowest BCUT2D eigenvalue weighted by Gasteiger charge is -2.05. The number of aromatic carboxylic acids is 1. The van der Waals surface area contributed by atoms with Crippen LogP contribution in [0.3, 0.4) is 0 Å². The number of rotatable bonds is 6. The van der Waals surface area contributed by atoms with Crippen molar-refractivity contribution in [3.8, 4) is 0 Å². The van der Waals surface area contributed by atoms with Gasteiger partial charge in [0.15, 0.2) is 0 Å². The number of thioether (sulfide) groups is 1. The average Bonchev–Trinajstić information content (AvgIpc) is 3.02. The van der Waals surface area contributed by atoms with Gasteiger partial charge in [0.1, 0.15) is 5.56 Å². The topological polar surface area (TPSA) is 84.2 Å². The summed E-state index contributed by atoms with van der Waals surface area (Å²) in [6.07, 6.45) is 3.48. The monoisotopic (exact) mass is 269 g/mol. The Morgan fingerprint density at radius 1 is 1.61 bits per heavy atom. The molecule has 0 aromatic carbocycles. The van der Waals surface area contributed by atoms with Crippen molar-refractivity contribution in [1.82, 2.24) is 15.1 Å². The standard InChI is InChI=1S/C11H15N3O3S/c1-14-9(8(4-12-14)11(16)17)5-18-6-10(15)13-7-2-3-7/h4,7H,2-3,5-6H2,1H3,(H,13,15)(H,16,17). The summed E-state index contributed by atoms with van der Waals surface area (Å²) in [6, 6.07) is 0.365. The van der Waals surface area contributed by atoms with Crippen LogP contribution in [-0.4, -0.2) is 38.6 Å². The van der Waals surface area contributed by atoms with Crippen LogP contribution in [0.5, 0.6) is 0 Å². The molecule has 1 aliphatic rings. The predicted octanol–water partition coefficient (Wildman–Crippen LogP) is 0.630. The fourth-order valence-electron chi connectivity index (χ4n) is 1.55. The van der Waals surface area contributed by atoms with E-state index in [2.05, 4.69) is 10.4 Å². The van der Waals surface area contributed by atoms with E-state index in [0.29, 0.717) is 23.2 Å². The number of aromatic nitrogens is 2. The molecule has 0 aliphatic heterocycles. The number of nitrogens with zero attached hydrogens (tertiary/aromatic N) is 2. The second-order valence-corrected chi connectivity index (χ2v) is 5.25. The van der Waals surface area contributed by atoms with Crippen molar-refractivity contribution in [2.24, 2.45) is 7.05 Å². The summed E-state index contributed by atoms with van der Waals surface area (Å²) in [4.78, 5) is 22.4. The van der Waals surface area contributed by atoms with Crippen LogP contribution in [0.2, 0.25) is 0 Å². The third-order valence-electron chi connectivity index (χ3n) is 2.71. The van der Waals surface area contributed by atoms with Gasteiger partial charge in [0.25, 0.3) is 0 Å². The first-order valence-corrected chi connectivity index (χ1v) is 6.84. The molecule has 0 bridgehead atoms. The molecule has 18 heavy (non-hydrogen) atoms. The van der Waals surface area contributed by atoms with Gasteiger partial charge >= 0.3 is 5.97 Å². The van der Waals surface area contributed by atoms with Crippen LogP contribution in [0, 0.1) is 0 Å². The minimum Gasteiger partial charge on any atom is -0.478 e. The largest absolute Gasteiger partial charge is 0.478 e. The second kappa shape index (κ2) is 5.43. The van der Waals surface area contributed by atoms with E-state index in [-0.39, 0.29) is 11.5 Å². The summed E-state index contributed by atoms with van der Waals surface area (Å²) in [5.41, 5.74) is 0.833. The molecular formula is C11H15N3O3S. The van der Waals surface area contributed by atoms with E-state index in [1.54, 1.807) is 7.05 Å². The number of carbonyl (C=O) groups is 2. The number of nitrogens with one attached hydrogen (secondary N) is 1. The molecular weight excluding hydrogens is 254 g/mol. The van der Waals surface area contributed by atoms with E-state index < -0.39 is 5.97 Å². The number of carboxylic acids is 1. The van der Waals surface area contributed by atoms with Crippen LogP contribution < -0.4 is 5.32 Å². The maximum Gasteiger partial charge on any atom is 0.339 e. The van der Waals surface area contributed by atoms with Gasteiger partial charge in [0, 0.05) is 18.8 Å². The van der Waals surface area contributed by atoms with E-state index >= 15 is 0 Å². The minimum absolute atomic E-state index is 0.0153. The number of carbonyl (C=O) groups excluding carboxylic acids is 1. The average molecular weight is 269 g/mol. The molecule has 6 nitrogen and oxygen atoms in total. The number of carboxylic acid groups (broad SMARTS) is 1. The van der Waals surface area contributed by atoms with E-state index in [9.17, 15) is 9.59 Å². The van der Waals surface area contributed by atoms with E-state index in [0.717, 1.165) is 12.8 Å². The fourth-order valence-corrected chi connectivity index (χ4v) is 2.46. The Bertz CT molecular complexity index is 468. The first-order valence-electron chi connectivity index (χ1n) is 5.69. The molecule has 1 aromatic rings. The maximum absolute atomic E-state index is 11.5. The molecule has 0 unspecified atom stereocenters. The molecule has 1 amide bonds. The zero-order valence-electron chi connectivity index (χ0n) is 10.0. The summed E-state index contributed by atoms with van der Waals surface area (Å²) >= 11 is 1.40. The molecule has 0 spiro atoms. The van der Waals surface area contributed by atoms with Gasteiger partial charge in [0.05, 0.1) is 17.6 Å². The Morgan fingerprint density at radius 2 is 2.33 bits per heavy atom. The molecule has 1 heterocycles. The molecule has 2 N–H and O–H groups in total. The van der Waals surface area contributed by atoms with Crippen molar-refractivity contribution < 1.29 is 14.7 Å². The molecule has 1 aromatic heterocycles. The zero-order chi connectivity index (χ0) is 13.1. The maximum atomic E-state index is 11.5. The first kappa shape index (κ1) is 12.9. The van der Waals surface area contributed by atoms with Crippen LogP contribution in [0.1, 0.15) is 28.9 Å². The lowest BCUT2D eigenvalue weighted by atomic mass is 10.3. The van der Waals surface area contributed by atoms with Crippen LogP contribution in [0.25, 0.3) is 0 Å². The van der Waals surface area contributed by atoms with Crippen molar-refractivity contribution in [2.75, 3.05) is 5.75 Å². The molecule has 0 saturated heterocycles. The summed E-state index contributed by atoms with van der Waals surface area (Å²) in [6.45, 7) is 0. The molecule has 98 valence electrons. The SMILES string of the molecule is Cn1ncc(C(=O)O)c1CSCC(=O)NC1CC1. The lowest BCUT2D eigenvalue weighted by molar-refractivity contribution is -0.118. The van der Waals surface area contributed by atoms with E-state index in [1.165, 1.54) is 22.6 Å². The Hall–Kier alpha value is -1.50. The smallest absolute Gasteiger partial charge is 0.339 e. The van der Waals surface area contributed by atoms with Gasteiger partial charge in [0.2, 0.25) is 5.91 Å². The molecule has 0 radical (unpaired) electrons. The predicted molar refractivity (Wildman–Crippen MR) is 67.5 cm³/mol.